The van der Waals surface area contributed by atoms with E-state index in [4.69, 9.17) is 5.73 Å². The number of nitrogens with two attached hydrogens (primary N) is 1. The van der Waals surface area contributed by atoms with Crippen molar-refractivity contribution in [3.63, 3.8) is 0 Å². The zero-order chi connectivity index (χ0) is 11.4. The molecular weight excluding hydrogens is 176 g/mol. The van der Waals surface area contributed by atoms with E-state index < -0.39 is 0 Å². The molecule has 0 atom stereocenters. The number of hydrogen-bond acceptors (Lipinski definition) is 2. The summed E-state index contributed by atoms with van der Waals surface area (Å²) in [6, 6.07) is 0. The second-order valence-corrected chi connectivity index (χ2v) is 5.88. The highest BCUT2D eigenvalue weighted by Gasteiger charge is 2.19. The Bertz CT molecular complexity index is 192. The standard InChI is InChI=1S/C11H24N2O/c1-10(2,3)6-9(14)13-8-11(4,5)7-12/h6-8,12H2,1-5H3,(H,13,14). The molecule has 3 heteroatoms. The number of hydrogen-bond donors (Lipinski definition) is 2. The summed E-state index contributed by atoms with van der Waals surface area (Å²) in [5, 5.41) is 2.91. The molecule has 3 nitrogen and oxygen atoms in total. The molecule has 0 spiro atoms. The van der Waals surface area contributed by atoms with Gasteiger partial charge in [0, 0.05) is 13.0 Å². The van der Waals surface area contributed by atoms with Crippen LogP contribution in [0.5, 0.6) is 0 Å². The van der Waals surface area contributed by atoms with Gasteiger partial charge in [0.2, 0.25) is 5.91 Å². The Hall–Kier alpha value is -0.570. The van der Waals surface area contributed by atoms with Crippen molar-refractivity contribution in [2.24, 2.45) is 16.6 Å². The molecule has 0 aromatic heterocycles. The first-order chi connectivity index (χ1) is 6.16. The fourth-order valence-corrected chi connectivity index (χ4v) is 0.954. The van der Waals surface area contributed by atoms with Crippen molar-refractivity contribution in [2.45, 2.75) is 41.0 Å². The number of carbonyl (C=O) groups is 1. The molecule has 0 aromatic carbocycles. The van der Waals surface area contributed by atoms with Gasteiger partial charge in [0.1, 0.15) is 0 Å². The normalized spacial score (nSPS) is 12.7. The first kappa shape index (κ1) is 13.4. The molecule has 0 aliphatic rings. The average Bonchev–Trinajstić information content (AvgIpc) is 1.98. The first-order valence-electron chi connectivity index (χ1n) is 5.13. The molecule has 0 saturated carbocycles. The van der Waals surface area contributed by atoms with E-state index >= 15 is 0 Å². The van der Waals surface area contributed by atoms with Gasteiger partial charge in [-0.3, -0.25) is 4.79 Å². The van der Waals surface area contributed by atoms with E-state index in [1.54, 1.807) is 0 Å². The molecule has 0 heterocycles. The van der Waals surface area contributed by atoms with E-state index in [2.05, 4.69) is 26.1 Å². The van der Waals surface area contributed by atoms with Crippen LogP contribution in [0.4, 0.5) is 0 Å². The molecule has 0 aromatic rings. The van der Waals surface area contributed by atoms with Crippen LogP contribution in [0, 0.1) is 10.8 Å². The molecule has 0 fully saturated rings. The van der Waals surface area contributed by atoms with Crippen LogP contribution >= 0.6 is 0 Å². The van der Waals surface area contributed by atoms with Crippen LogP contribution in [-0.2, 0) is 4.79 Å². The van der Waals surface area contributed by atoms with E-state index in [1.807, 2.05) is 13.8 Å². The largest absolute Gasteiger partial charge is 0.356 e. The van der Waals surface area contributed by atoms with Gasteiger partial charge in [-0.2, -0.15) is 0 Å². The minimum atomic E-state index is -0.00640. The van der Waals surface area contributed by atoms with Crippen LogP contribution in [0.2, 0.25) is 0 Å². The Morgan fingerprint density at radius 1 is 1.21 bits per heavy atom. The van der Waals surface area contributed by atoms with Crippen molar-refractivity contribution >= 4 is 5.91 Å². The monoisotopic (exact) mass is 200 g/mol. The molecule has 0 bridgehead atoms. The third-order valence-corrected chi connectivity index (χ3v) is 2.01. The summed E-state index contributed by atoms with van der Waals surface area (Å²) in [5.74, 6) is 0.110. The highest BCUT2D eigenvalue weighted by Crippen LogP contribution is 2.18. The van der Waals surface area contributed by atoms with Gasteiger partial charge >= 0.3 is 0 Å². The molecule has 0 unspecified atom stereocenters. The number of rotatable bonds is 4. The Morgan fingerprint density at radius 3 is 2.07 bits per heavy atom. The van der Waals surface area contributed by atoms with Crippen LogP contribution in [0.25, 0.3) is 0 Å². The van der Waals surface area contributed by atoms with Crippen molar-refractivity contribution in [2.75, 3.05) is 13.1 Å². The lowest BCUT2D eigenvalue weighted by atomic mass is 9.90. The summed E-state index contributed by atoms with van der Waals surface area (Å²) in [5.41, 5.74) is 5.61. The highest BCUT2D eigenvalue weighted by molar-refractivity contribution is 5.76. The molecular formula is C11H24N2O. The number of amides is 1. The number of nitrogens with one attached hydrogen (secondary N) is 1. The summed E-state index contributed by atoms with van der Waals surface area (Å²) in [6.45, 7) is 11.5. The molecule has 0 aliphatic carbocycles. The second kappa shape index (κ2) is 4.78. The van der Waals surface area contributed by atoms with Gasteiger partial charge in [0.25, 0.3) is 0 Å². The van der Waals surface area contributed by atoms with Crippen LogP contribution in [0.3, 0.4) is 0 Å². The van der Waals surface area contributed by atoms with E-state index in [1.165, 1.54) is 0 Å². The third-order valence-electron chi connectivity index (χ3n) is 2.01. The molecule has 0 radical (unpaired) electrons. The molecule has 84 valence electrons. The minimum Gasteiger partial charge on any atom is -0.356 e. The van der Waals surface area contributed by atoms with Crippen molar-refractivity contribution in [1.82, 2.24) is 5.32 Å². The molecule has 0 aliphatic heterocycles. The predicted molar refractivity (Wildman–Crippen MR) is 59.9 cm³/mol. The summed E-state index contributed by atoms with van der Waals surface area (Å²) in [6.07, 6.45) is 0.563. The third kappa shape index (κ3) is 6.89. The maximum Gasteiger partial charge on any atom is 0.220 e. The summed E-state index contributed by atoms with van der Waals surface area (Å²) in [4.78, 5) is 11.5. The van der Waals surface area contributed by atoms with Crippen molar-refractivity contribution < 1.29 is 4.79 Å². The second-order valence-electron chi connectivity index (χ2n) is 5.88. The molecule has 0 saturated heterocycles. The van der Waals surface area contributed by atoms with Crippen LogP contribution in [0.15, 0.2) is 0 Å². The van der Waals surface area contributed by atoms with E-state index in [-0.39, 0.29) is 16.7 Å². The van der Waals surface area contributed by atoms with Gasteiger partial charge in [-0.25, -0.2) is 0 Å². The Kier molecular flexibility index (Phi) is 4.59. The molecule has 3 N–H and O–H groups in total. The van der Waals surface area contributed by atoms with Crippen molar-refractivity contribution in [3.05, 3.63) is 0 Å². The smallest absolute Gasteiger partial charge is 0.220 e. The summed E-state index contributed by atoms with van der Waals surface area (Å²) < 4.78 is 0. The number of carbonyl (C=O) groups excluding carboxylic acids is 1. The molecule has 0 rings (SSSR count). The summed E-state index contributed by atoms with van der Waals surface area (Å²) in [7, 11) is 0. The maximum absolute atomic E-state index is 11.5. The zero-order valence-electron chi connectivity index (χ0n) is 10.1. The quantitative estimate of drug-likeness (QED) is 0.723. The minimum absolute atomic E-state index is 0.00640. The molecule has 14 heavy (non-hydrogen) atoms. The van der Waals surface area contributed by atoms with Gasteiger partial charge in [0.15, 0.2) is 0 Å². The lowest BCUT2D eigenvalue weighted by Gasteiger charge is -2.24. The lowest BCUT2D eigenvalue weighted by Crippen LogP contribution is -2.39. The van der Waals surface area contributed by atoms with E-state index in [0.29, 0.717) is 19.5 Å². The van der Waals surface area contributed by atoms with Crippen molar-refractivity contribution in [3.8, 4) is 0 Å². The van der Waals surface area contributed by atoms with Crippen LogP contribution < -0.4 is 11.1 Å². The Morgan fingerprint density at radius 2 is 1.71 bits per heavy atom. The average molecular weight is 200 g/mol. The van der Waals surface area contributed by atoms with Gasteiger partial charge in [-0.15, -0.1) is 0 Å². The highest BCUT2D eigenvalue weighted by atomic mass is 16.1. The topological polar surface area (TPSA) is 55.1 Å². The first-order valence-corrected chi connectivity index (χ1v) is 5.13. The fourth-order valence-electron chi connectivity index (χ4n) is 0.954. The SMILES string of the molecule is CC(C)(C)CC(=O)NCC(C)(C)CN. The fraction of sp³-hybridized carbons (Fsp3) is 0.909. The Labute approximate surface area is 87.4 Å². The van der Waals surface area contributed by atoms with Gasteiger partial charge in [-0.1, -0.05) is 34.6 Å². The van der Waals surface area contributed by atoms with E-state index in [9.17, 15) is 4.79 Å². The molecule has 1 amide bonds. The van der Waals surface area contributed by atoms with Gasteiger partial charge < -0.3 is 11.1 Å². The van der Waals surface area contributed by atoms with Crippen LogP contribution in [0.1, 0.15) is 41.0 Å². The zero-order valence-corrected chi connectivity index (χ0v) is 10.1. The van der Waals surface area contributed by atoms with Crippen LogP contribution in [-0.4, -0.2) is 19.0 Å². The lowest BCUT2D eigenvalue weighted by molar-refractivity contribution is -0.123. The van der Waals surface area contributed by atoms with E-state index in [0.717, 1.165) is 0 Å². The Balaban J connectivity index is 3.87. The summed E-state index contributed by atoms with van der Waals surface area (Å²) >= 11 is 0. The predicted octanol–water partition coefficient (Wildman–Crippen LogP) is 1.52. The van der Waals surface area contributed by atoms with Gasteiger partial charge in [0.05, 0.1) is 0 Å². The maximum atomic E-state index is 11.5. The van der Waals surface area contributed by atoms with Gasteiger partial charge in [-0.05, 0) is 17.4 Å². The van der Waals surface area contributed by atoms with Crippen molar-refractivity contribution in [1.29, 1.82) is 0 Å².